The SMILES string of the molecule is CCOc1cc(C2C(C(=O)Nc3ccc(Cl)cc3)=C(C)Nc3ncnn32)ccc1OCc1ccc(Cl)cc1. The normalized spacial score (nSPS) is 14.5. The molecule has 2 heterocycles. The molecule has 5 rings (SSSR count). The number of carbonyl (C=O) groups is 1. The van der Waals surface area contributed by atoms with Crippen LogP contribution in [0.4, 0.5) is 11.6 Å². The summed E-state index contributed by atoms with van der Waals surface area (Å²) < 4.78 is 13.7. The minimum atomic E-state index is -0.550. The molecule has 0 saturated heterocycles. The van der Waals surface area contributed by atoms with Gasteiger partial charge in [0.25, 0.3) is 5.91 Å². The largest absolute Gasteiger partial charge is 0.490 e. The summed E-state index contributed by atoms with van der Waals surface area (Å²) in [5.41, 5.74) is 3.56. The number of carbonyl (C=O) groups excluding carboxylic acids is 1. The van der Waals surface area contributed by atoms with Gasteiger partial charge in [-0.15, -0.1) is 0 Å². The summed E-state index contributed by atoms with van der Waals surface area (Å²) in [5.74, 6) is 1.42. The molecule has 0 radical (unpaired) electrons. The van der Waals surface area contributed by atoms with Crippen molar-refractivity contribution in [3.63, 3.8) is 0 Å². The Kier molecular flexibility index (Phi) is 7.53. The van der Waals surface area contributed by atoms with Crippen molar-refractivity contribution in [2.75, 3.05) is 17.2 Å². The van der Waals surface area contributed by atoms with Gasteiger partial charge in [-0.05, 0) is 73.5 Å². The first kappa shape index (κ1) is 25.6. The number of allylic oxidation sites excluding steroid dienone is 1. The number of nitrogens with one attached hydrogen (secondary N) is 2. The Balaban J connectivity index is 1.48. The zero-order valence-corrected chi connectivity index (χ0v) is 22.3. The molecular formula is C28H25Cl2N5O3. The Morgan fingerprint density at radius 1 is 1.00 bits per heavy atom. The van der Waals surface area contributed by atoms with Crippen LogP contribution < -0.4 is 20.1 Å². The first-order chi connectivity index (χ1) is 18.4. The minimum Gasteiger partial charge on any atom is -0.490 e. The first-order valence-corrected chi connectivity index (χ1v) is 12.8. The van der Waals surface area contributed by atoms with Crippen molar-refractivity contribution in [3.05, 3.63) is 105 Å². The first-order valence-electron chi connectivity index (χ1n) is 12.0. The van der Waals surface area contributed by atoms with Crippen LogP contribution in [0.3, 0.4) is 0 Å². The highest BCUT2D eigenvalue weighted by Crippen LogP contribution is 2.39. The van der Waals surface area contributed by atoms with Crippen LogP contribution in [-0.2, 0) is 11.4 Å². The molecule has 0 spiro atoms. The summed E-state index contributed by atoms with van der Waals surface area (Å²) in [7, 11) is 0. The average molecular weight is 550 g/mol. The van der Waals surface area contributed by atoms with Crippen LogP contribution in [0.1, 0.15) is 31.0 Å². The molecule has 1 atom stereocenters. The summed E-state index contributed by atoms with van der Waals surface area (Å²) in [5, 5.41) is 11.8. The van der Waals surface area contributed by atoms with Gasteiger partial charge in [0.2, 0.25) is 5.95 Å². The second kappa shape index (κ2) is 11.2. The number of anilines is 2. The van der Waals surface area contributed by atoms with Gasteiger partial charge in [0.1, 0.15) is 19.0 Å². The van der Waals surface area contributed by atoms with Gasteiger partial charge >= 0.3 is 0 Å². The lowest BCUT2D eigenvalue weighted by atomic mass is 9.94. The van der Waals surface area contributed by atoms with Gasteiger partial charge < -0.3 is 20.1 Å². The molecule has 1 amide bonds. The number of aromatic nitrogens is 3. The molecule has 8 nitrogen and oxygen atoms in total. The van der Waals surface area contributed by atoms with E-state index in [1.807, 2.05) is 56.3 Å². The number of ether oxygens (including phenoxy) is 2. The molecular weight excluding hydrogens is 525 g/mol. The van der Waals surface area contributed by atoms with E-state index in [4.69, 9.17) is 32.7 Å². The highest BCUT2D eigenvalue weighted by molar-refractivity contribution is 6.30. The Morgan fingerprint density at radius 2 is 1.71 bits per heavy atom. The number of benzene rings is 3. The number of rotatable bonds is 8. The van der Waals surface area contributed by atoms with Crippen LogP contribution in [0.5, 0.6) is 11.5 Å². The smallest absolute Gasteiger partial charge is 0.255 e. The van der Waals surface area contributed by atoms with E-state index >= 15 is 0 Å². The molecule has 1 unspecified atom stereocenters. The lowest BCUT2D eigenvalue weighted by molar-refractivity contribution is -0.113. The van der Waals surface area contributed by atoms with Crippen LogP contribution >= 0.6 is 23.2 Å². The zero-order chi connectivity index (χ0) is 26.6. The number of hydrogen-bond acceptors (Lipinski definition) is 6. The fraction of sp³-hybridized carbons (Fsp3) is 0.179. The molecule has 0 aliphatic carbocycles. The Labute approximate surface area is 230 Å². The molecule has 0 bridgehead atoms. The third-order valence-corrected chi connectivity index (χ3v) is 6.54. The van der Waals surface area contributed by atoms with Crippen LogP contribution in [0.2, 0.25) is 10.0 Å². The van der Waals surface area contributed by atoms with E-state index in [1.165, 1.54) is 6.33 Å². The Bertz CT molecular complexity index is 1480. The van der Waals surface area contributed by atoms with Crippen molar-refractivity contribution in [1.29, 1.82) is 0 Å². The molecule has 1 aliphatic heterocycles. The molecule has 0 saturated carbocycles. The standard InChI is InChI=1S/C28H25Cl2N5O3/c1-3-37-24-14-19(6-13-23(24)38-15-18-4-7-20(29)8-5-18)26-25(17(2)33-28-31-16-32-35(26)28)27(36)34-22-11-9-21(30)10-12-22/h4-14,16,26H,3,15H2,1-2H3,(H,34,36)(H,31,32,33). The van der Waals surface area contributed by atoms with Gasteiger partial charge in [0, 0.05) is 21.4 Å². The molecule has 4 aromatic rings. The maximum atomic E-state index is 13.6. The van der Waals surface area contributed by atoms with Crippen molar-refractivity contribution in [2.45, 2.75) is 26.5 Å². The van der Waals surface area contributed by atoms with Gasteiger partial charge in [-0.25, -0.2) is 4.68 Å². The van der Waals surface area contributed by atoms with E-state index in [0.29, 0.717) is 57.7 Å². The molecule has 38 heavy (non-hydrogen) atoms. The Hall–Kier alpha value is -4.01. The lowest BCUT2D eigenvalue weighted by Gasteiger charge is -2.29. The summed E-state index contributed by atoms with van der Waals surface area (Å²) in [6.07, 6.45) is 1.45. The quantitative estimate of drug-likeness (QED) is 0.261. The lowest BCUT2D eigenvalue weighted by Crippen LogP contribution is -2.31. The number of hydrogen-bond donors (Lipinski definition) is 2. The van der Waals surface area contributed by atoms with E-state index in [0.717, 1.165) is 11.1 Å². The van der Waals surface area contributed by atoms with Gasteiger partial charge in [-0.1, -0.05) is 41.4 Å². The van der Waals surface area contributed by atoms with Gasteiger partial charge in [0.15, 0.2) is 11.5 Å². The summed E-state index contributed by atoms with van der Waals surface area (Å²) >= 11 is 12.0. The van der Waals surface area contributed by atoms with Crippen molar-refractivity contribution in [1.82, 2.24) is 14.8 Å². The van der Waals surface area contributed by atoms with Gasteiger partial charge in [0.05, 0.1) is 12.2 Å². The summed E-state index contributed by atoms with van der Waals surface area (Å²) in [6, 6.07) is 19.5. The molecule has 10 heteroatoms. The second-order valence-electron chi connectivity index (χ2n) is 8.61. The van der Waals surface area contributed by atoms with E-state index < -0.39 is 6.04 Å². The van der Waals surface area contributed by atoms with Crippen LogP contribution in [0.25, 0.3) is 0 Å². The third-order valence-electron chi connectivity index (χ3n) is 6.03. The molecule has 2 N–H and O–H groups in total. The average Bonchev–Trinajstić information content (AvgIpc) is 3.37. The number of halogens is 2. The molecule has 3 aromatic carbocycles. The van der Waals surface area contributed by atoms with Crippen molar-refractivity contribution < 1.29 is 14.3 Å². The minimum absolute atomic E-state index is 0.274. The Morgan fingerprint density at radius 3 is 2.42 bits per heavy atom. The number of amides is 1. The number of nitrogens with zero attached hydrogens (tertiary/aromatic N) is 3. The summed E-state index contributed by atoms with van der Waals surface area (Å²) in [6.45, 7) is 4.55. The fourth-order valence-electron chi connectivity index (χ4n) is 4.25. The highest BCUT2D eigenvalue weighted by Gasteiger charge is 2.34. The van der Waals surface area contributed by atoms with Crippen molar-refractivity contribution in [2.24, 2.45) is 0 Å². The summed E-state index contributed by atoms with van der Waals surface area (Å²) in [4.78, 5) is 17.9. The second-order valence-corrected chi connectivity index (χ2v) is 9.48. The third kappa shape index (κ3) is 5.46. The van der Waals surface area contributed by atoms with E-state index in [1.54, 1.807) is 28.9 Å². The predicted molar refractivity (Wildman–Crippen MR) is 148 cm³/mol. The molecule has 0 fully saturated rings. The van der Waals surface area contributed by atoms with Crippen LogP contribution in [0.15, 0.2) is 84.3 Å². The number of fused-ring (bicyclic) bond motifs is 1. The monoisotopic (exact) mass is 549 g/mol. The fourth-order valence-corrected chi connectivity index (χ4v) is 4.50. The molecule has 194 valence electrons. The van der Waals surface area contributed by atoms with Gasteiger partial charge in [-0.2, -0.15) is 10.1 Å². The topological polar surface area (TPSA) is 90.3 Å². The maximum Gasteiger partial charge on any atom is 0.255 e. The highest BCUT2D eigenvalue weighted by atomic mass is 35.5. The molecule has 1 aliphatic rings. The predicted octanol–water partition coefficient (Wildman–Crippen LogP) is 6.49. The van der Waals surface area contributed by atoms with Crippen LogP contribution in [0, 0.1) is 0 Å². The van der Waals surface area contributed by atoms with Crippen molar-refractivity contribution >= 4 is 40.7 Å². The van der Waals surface area contributed by atoms with Crippen molar-refractivity contribution in [3.8, 4) is 11.5 Å². The van der Waals surface area contributed by atoms with E-state index in [9.17, 15) is 4.79 Å². The van der Waals surface area contributed by atoms with E-state index in [-0.39, 0.29) is 5.91 Å². The maximum absolute atomic E-state index is 13.6. The molecule has 1 aromatic heterocycles. The van der Waals surface area contributed by atoms with E-state index in [2.05, 4.69) is 20.7 Å². The zero-order valence-electron chi connectivity index (χ0n) is 20.7. The van der Waals surface area contributed by atoms with Crippen LogP contribution in [-0.4, -0.2) is 27.3 Å². The van der Waals surface area contributed by atoms with Gasteiger partial charge in [-0.3, -0.25) is 4.79 Å².